The van der Waals surface area contributed by atoms with Crippen molar-refractivity contribution in [2.24, 2.45) is 0 Å². The van der Waals surface area contributed by atoms with Gasteiger partial charge in [-0.15, -0.1) is 0 Å². The van der Waals surface area contributed by atoms with Crippen LogP contribution in [0, 0.1) is 0 Å². The van der Waals surface area contributed by atoms with Crippen LogP contribution in [0.3, 0.4) is 0 Å². The van der Waals surface area contributed by atoms with Crippen molar-refractivity contribution < 1.29 is 4.79 Å². The average molecular weight is 225 g/mol. The van der Waals surface area contributed by atoms with Crippen LogP contribution >= 0.6 is 0 Å². The molecule has 0 radical (unpaired) electrons. The first kappa shape index (κ1) is 11.9. The number of carbonyl (C=O) groups excluding carboxylic acids is 1. The summed E-state index contributed by atoms with van der Waals surface area (Å²) in [5.41, 5.74) is 0. The Kier molecular flexibility index (Phi) is 4.18. The Morgan fingerprint density at radius 2 is 2.12 bits per heavy atom. The van der Waals surface area contributed by atoms with E-state index in [1.807, 2.05) is 0 Å². The van der Waals surface area contributed by atoms with Crippen molar-refractivity contribution in [3.8, 4) is 0 Å². The van der Waals surface area contributed by atoms with E-state index in [0.29, 0.717) is 6.04 Å². The van der Waals surface area contributed by atoms with E-state index in [1.165, 1.54) is 0 Å². The minimum Gasteiger partial charge on any atom is -0.352 e. The van der Waals surface area contributed by atoms with Crippen LogP contribution in [-0.4, -0.2) is 49.1 Å². The monoisotopic (exact) mass is 225 g/mol. The smallest absolute Gasteiger partial charge is 0.237 e. The van der Waals surface area contributed by atoms with Crippen molar-refractivity contribution in [3.63, 3.8) is 0 Å². The van der Waals surface area contributed by atoms with Gasteiger partial charge in [-0.05, 0) is 38.8 Å². The Balaban J connectivity index is 1.71. The lowest BCUT2D eigenvalue weighted by molar-refractivity contribution is -0.123. The summed E-state index contributed by atoms with van der Waals surface area (Å²) in [6, 6.07) is 0.474. The van der Waals surface area contributed by atoms with Gasteiger partial charge in [-0.2, -0.15) is 0 Å². The number of amides is 1. The molecule has 0 unspecified atom stereocenters. The highest BCUT2D eigenvalue weighted by Gasteiger charge is 2.25. The highest BCUT2D eigenvalue weighted by molar-refractivity contribution is 5.82. The molecule has 2 fully saturated rings. The van der Waals surface area contributed by atoms with E-state index in [2.05, 4.69) is 22.5 Å². The first-order chi connectivity index (χ1) is 7.79. The van der Waals surface area contributed by atoms with Gasteiger partial charge in [0.15, 0.2) is 0 Å². The Labute approximate surface area is 97.8 Å². The standard InChI is InChI=1S/C12H23N3O/c1-2-15-8-5-10(6-9-15)14-12(16)11-4-3-7-13-11/h10-11,13H,2-9H2,1H3,(H,14,16)/t11-/m1/s1. The summed E-state index contributed by atoms with van der Waals surface area (Å²) >= 11 is 0. The topological polar surface area (TPSA) is 44.4 Å². The summed E-state index contributed by atoms with van der Waals surface area (Å²) in [6.45, 7) is 6.57. The molecule has 0 spiro atoms. The van der Waals surface area contributed by atoms with Gasteiger partial charge in [-0.3, -0.25) is 4.79 Å². The molecule has 0 aromatic heterocycles. The average Bonchev–Trinajstić information content (AvgIpc) is 2.83. The minimum atomic E-state index is 0.0733. The third kappa shape index (κ3) is 2.95. The molecule has 4 nitrogen and oxygen atoms in total. The fraction of sp³-hybridized carbons (Fsp3) is 0.917. The lowest BCUT2D eigenvalue weighted by Crippen LogP contribution is -2.49. The first-order valence-electron chi connectivity index (χ1n) is 6.55. The van der Waals surface area contributed by atoms with Crippen molar-refractivity contribution in [2.45, 2.75) is 44.7 Å². The van der Waals surface area contributed by atoms with Crippen molar-refractivity contribution in [1.29, 1.82) is 0 Å². The van der Waals surface area contributed by atoms with Crippen LogP contribution < -0.4 is 10.6 Å². The lowest BCUT2D eigenvalue weighted by Gasteiger charge is -2.32. The van der Waals surface area contributed by atoms with E-state index in [1.54, 1.807) is 0 Å². The van der Waals surface area contributed by atoms with Crippen molar-refractivity contribution in [1.82, 2.24) is 15.5 Å². The summed E-state index contributed by atoms with van der Waals surface area (Å²) in [4.78, 5) is 14.3. The zero-order valence-corrected chi connectivity index (χ0v) is 10.2. The van der Waals surface area contributed by atoms with E-state index >= 15 is 0 Å². The molecule has 0 aromatic rings. The second kappa shape index (κ2) is 5.64. The quantitative estimate of drug-likeness (QED) is 0.728. The maximum absolute atomic E-state index is 11.9. The number of piperidine rings is 1. The zero-order valence-electron chi connectivity index (χ0n) is 10.2. The van der Waals surface area contributed by atoms with Gasteiger partial charge in [0.05, 0.1) is 6.04 Å². The molecule has 2 N–H and O–H groups in total. The van der Waals surface area contributed by atoms with Gasteiger partial charge in [0.25, 0.3) is 0 Å². The largest absolute Gasteiger partial charge is 0.352 e. The van der Waals surface area contributed by atoms with Crippen LogP contribution in [0.15, 0.2) is 0 Å². The van der Waals surface area contributed by atoms with Crippen LogP contribution in [0.4, 0.5) is 0 Å². The number of likely N-dealkylation sites (tertiary alicyclic amines) is 1. The fourth-order valence-corrected chi connectivity index (χ4v) is 2.60. The molecule has 0 saturated carbocycles. The SMILES string of the molecule is CCN1CCC(NC(=O)[C@H]2CCCN2)CC1. The van der Waals surface area contributed by atoms with Gasteiger partial charge in [0, 0.05) is 19.1 Å². The number of carbonyl (C=O) groups is 1. The van der Waals surface area contributed by atoms with Crippen molar-refractivity contribution >= 4 is 5.91 Å². The predicted octanol–water partition coefficient (Wildman–Crippen LogP) is 0.339. The summed E-state index contributed by atoms with van der Waals surface area (Å²) in [7, 11) is 0. The van der Waals surface area contributed by atoms with Gasteiger partial charge in [-0.25, -0.2) is 0 Å². The van der Waals surface area contributed by atoms with Gasteiger partial charge >= 0.3 is 0 Å². The summed E-state index contributed by atoms with van der Waals surface area (Å²) < 4.78 is 0. The van der Waals surface area contributed by atoms with Gasteiger partial charge in [0.2, 0.25) is 5.91 Å². The highest BCUT2D eigenvalue weighted by Crippen LogP contribution is 2.11. The van der Waals surface area contributed by atoms with Crippen LogP contribution in [0.25, 0.3) is 0 Å². The molecule has 2 rings (SSSR count). The van der Waals surface area contributed by atoms with Crippen molar-refractivity contribution in [2.75, 3.05) is 26.2 Å². The summed E-state index contributed by atoms with van der Waals surface area (Å²) in [6.07, 6.45) is 4.34. The fourth-order valence-electron chi connectivity index (χ4n) is 2.60. The molecule has 0 bridgehead atoms. The molecular weight excluding hydrogens is 202 g/mol. The van der Waals surface area contributed by atoms with E-state index < -0.39 is 0 Å². The second-order valence-corrected chi connectivity index (χ2v) is 4.87. The lowest BCUT2D eigenvalue weighted by atomic mass is 10.0. The molecule has 0 aliphatic carbocycles. The zero-order chi connectivity index (χ0) is 11.4. The van der Waals surface area contributed by atoms with Crippen molar-refractivity contribution in [3.05, 3.63) is 0 Å². The Hall–Kier alpha value is -0.610. The molecule has 2 aliphatic heterocycles. The summed E-state index contributed by atoms with van der Waals surface area (Å²) in [5, 5.41) is 6.42. The van der Waals surface area contributed by atoms with E-state index in [9.17, 15) is 4.79 Å². The minimum absolute atomic E-state index is 0.0733. The van der Waals surface area contributed by atoms with Crippen LogP contribution in [0.5, 0.6) is 0 Å². The molecule has 2 aliphatic rings. The maximum Gasteiger partial charge on any atom is 0.237 e. The molecule has 16 heavy (non-hydrogen) atoms. The molecule has 4 heteroatoms. The van der Waals surface area contributed by atoms with Gasteiger partial charge in [-0.1, -0.05) is 6.92 Å². The predicted molar refractivity (Wildman–Crippen MR) is 64.3 cm³/mol. The van der Waals surface area contributed by atoms with Crippen LogP contribution in [0.1, 0.15) is 32.6 Å². The molecule has 92 valence electrons. The molecule has 1 atom stereocenters. The second-order valence-electron chi connectivity index (χ2n) is 4.87. The number of rotatable bonds is 3. The molecule has 1 amide bonds. The van der Waals surface area contributed by atoms with E-state index in [0.717, 1.165) is 51.9 Å². The van der Waals surface area contributed by atoms with E-state index in [4.69, 9.17) is 0 Å². The third-order valence-corrected chi connectivity index (χ3v) is 3.76. The Morgan fingerprint density at radius 1 is 1.38 bits per heavy atom. The van der Waals surface area contributed by atoms with Crippen LogP contribution in [0.2, 0.25) is 0 Å². The number of nitrogens with one attached hydrogen (secondary N) is 2. The first-order valence-corrected chi connectivity index (χ1v) is 6.55. The molecule has 2 heterocycles. The maximum atomic E-state index is 11.9. The van der Waals surface area contributed by atoms with E-state index in [-0.39, 0.29) is 11.9 Å². The highest BCUT2D eigenvalue weighted by atomic mass is 16.2. The van der Waals surface area contributed by atoms with Gasteiger partial charge in [0.1, 0.15) is 0 Å². The molecule has 2 saturated heterocycles. The molecular formula is C12H23N3O. The van der Waals surface area contributed by atoms with Crippen LogP contribution in [-0.2, 0) is 4.79 Å². The number of hydrogen-bond acceptors (Lipinski definition) is 3. The normalized spacial score (nSPS) is 28.2. The summed E-state index contributed by atoms with van der Waals surface area (Å²) in [5.74, 6) is 0.215. The molecule has 0 aromatic carbocycles. The third-order valence-electron chi connectivity index (χ3n) is 3.76. The number of hydrogen-bond donors (Lipinski definition) is 2. The number of nitrogens with zero attached hydrogens (tertiary/aromatic N) is 1. The van der Waals surface area contributed by atoms with Gasteiger partial charge < -0.3 is 15.5 Å². The Bertz CT molecular complexity index is 230. The Morgan fingerprint density at radius 3 is 2.69 bits per heavy atom.